The van der Waals surface area contributed by atoms with Crippen LogP contribution in [0.3, 0.4) is 0 Å². The Kier molecular flexibility index (Phi) is 3.85. The molecule has 0 saturated carbocycles. The molecule has 1 atom stereocenters. The zero-order valence-electron chi connectivity index (χ0n) is 11.0. The summed E-state index contributed by atoms with van der Waals surface area (Å²) in [6.07, 6.45) is 4.41. The van der Waals surface area contributed by atoms with Gasteiger partial charge in [-0.3, -0.25) is 0 Å². The Labute approximate surface area is 118 Å². The van der Waals surface area contributed by atoms with E-state index in [4.69, 9.17) is 10.5 Å². The summed E-state index contributed by atoms with van der Waals surface area (Å²) in [5.74, 6) is 0.950. The monoisotopic (exact) mass is 273 g/mol. The molecule has 0 aliphatic heterocycles. The summed E-state index contributed by atoms with van der Waals surface area (Å²) in [6.45, 7) is 0.727. The average Bonchev–Trinajstić information content (AvgIpc) is 2.93. The lowest BCUT2D eigenvalue weighted by Crippen LogP contribution is -2.17. The first-order chi connectivity index (χ1) is 9.33. The van der Waals surface area contributed by atoms with Crippen LogP contribution >= 0.6 is 11.3 Å². The molecule has 1 aromatic carbocycles. The third-order valence-electron chi connectivity index (χ3n) is 3.72. The van der Waals surface area contributed by atoms with E-state index in [0.717, 1.165) is 31.6 Å². The fourth-order valence-corrected chi connectivity index (χ4v) is 3.33. The Morgan fingerprint density at radius 3 is 3.11 bits per heavy atom. The van der Waals surface area contributed by atoms with Gasteiger partial charge in [-0.05, 0) is 64.9 Å². The van der Waals surface area contributed by atoms with Crippen molar-refractivity contribution in [2.75, 3.05) is 6.61 Å². The number of nitrogens with two attached hydrogens (primary N) is 1. The summed E-state index contributed by atoms with van der Waals surface area (Å²) in [5, 5.41) is 4.28. The predicted molar refractivity (Wildman–Crippen MR) is 79.8 cm³/mol. The third kappa shape index (κ3) is 2.99. The maximum absolute atomic E-state index is 6.17. The zero-order valence-corrected chi connectivity index (χ0v) is 11.8. The number of ether oxygens (including phenoxy) is 1. The standard InChI is InChI=1S/C16H19NOS/c17-16-3-1-2-13-4-5-14(10-15(13)16)18-8-6-12-7-9-19-11-12/h4-5,7,9-11,16H,1-3,6,8,17H2. The van der Waals surface area contributed by atoms with Gasteiger partial charge in [-0.15, -0.1) is 0 Å². The van der Waals surface area contributed by atoms with Gasteiger partial charge in [-0.2, -0.15) is 11.3 Å². The van der Waals surface area contributed by atoms with Crippen molar-refractivity contribution < 1.29 is 4.74 Å². The summed E-state index contributed by atoms with van der Waals surface area (Å²) in [5.41, 5.74) is 10.2. The van der Waals surface area contributed by atoms with Crippen LogP contribution in [-0.2, 0) is 12.8 Å². The van der Waals surface area contributed by atoms with Crippen LogP contribution in [0.2, 0.25) is 0 Å². The molecule has 1 aliphatic carbocycles. The Hall–Kier alpha value is -1.32. The van der Waals surface area contributed by atoms with Crippen molar-refractivity contribution in [3.05, 3.63) is 51.7 Å². The van der Waals surface area contributed by atoms with Gasteiger partial charge in [0.15, 0.2) is 0 Å². The smallest absolute Gasteiger partial charge is 0.119 e. The summed E-state index contributed by atoms with van der Waals surface area (Å²) < 4.78 is 5.84. The highest BCUT2D eigenvalue weighted by molar-refractivity contribution is 7.07. The lowest BCUT2D eigenvalue weighted by Gasteiger charge is -2.22. The van der Waals surface area contributed by atoms with Gasteiger partial charge >= 0.3 is 0 Å². The minimum absolute atomic E-state index is 0.184. The Bertz CT molecular complexity index is 536. The van der Waals surface area contributed by atoms with Crippen molar-refractivity contribution in [2.24, 2.45) is 5.73 Å². The second-order valence-corrected chi connectivity index (χ2v) is 5.87. The molecule has 3 heteroatoms. The SMILES string of the molecule is NC1CCCc2ccc(OCCc3ccsc3)cc21. The predicted octanol–water partition coefficient (Wildman–Crippen LogP) is 3.71. The van der Waals surface area contributed by atoms with E-state index >= 15 is 0 Å². The van der Waals surface area contributed by atoms with Crippen molar-refractivity contribution in [1.82, 2.24) is 0 Å². The largest absolute Gasteiger partial charge is 0.493 e. The third-order valence-corrected chi connectivity index (χ3v) is 4.45. The minimum Gasteiger partial charge on any atom is -0.493 e. The second-order valence-electron chi connectivity index (χ2n) is 5.09. The van der Waals surface area contributed by atoms with Crippen molar-refractivity contribution in [1.29, 1.82) is 0 Å². The molecule has 1 unspecified atom stereocenters. The number of benzene rings is 1. The normalized spacial score (nSPS) is 18.1. The molecular formula is C16H19NOS. The van der Waals surface area contributed by atoms with E-state index in [9.17, 15) is 0 Å². The fraction of sp³-hybridized carbons (Fsp3) is 0.375. The van der Waals surface area contributed by atoms with E-state index in [1.165, 1.54) is 23.1 Å². The molecule has 1 heterocycles. The van der Waals surface area contributed by atoms with Gasteiger partial charge in [0, 0.05) is 12.5 Å². The van der Waals surface area contributed by atoms with Crippen LogP contribution in [0, 0.1) is 0 Å². The molecule has 100 valence electrons. The van der Waals surface area contributed by atoms with Crippen LogP contribution in [0.5, 0.6) is 5.75 Å². The molecule has 2 nitrogen and oxygen atoms in total. The number of fused-ring (bicyclic) bond motifs is 1. The Morgan fingerprint density at radius 2 is 2.26 bits per heavy atom. The quantitative estimate of drug-likeness (QED) is 0.921. The first-order valence-corrected chi connectivity index (χ1v) is 7.79. The zero-order chi connectivity index (χ0) is 13.1. The van der Waals surface area contributed by atoms with Gasteiger partial charge in [0.2, 0.25) is 0 Å². The molecule has 0 spiro atoms. The van der Waals surface area contributed by atoms with Gasteiger partial charge in [0.25, 0.3) is 0 Å². The minimum atomic E-state index is 0.184. The number of rotatable bonds is 4. The number of aryl methyl sites for hydroxylation is 1. The number of hydrogen-bond donors (Lipinski definition) is 1. The Morgan fingerprint density at radius 1 is 1.32 bits per heavy atom. The number of hydrogen-bond acceptors (Lipinski definition) is 3. The van der Waals surface area contributed by atoms with E-state index in [0.29, 0.717) is 0 Å². The molecule has 19 heavy (non-hydrogen) atoms. The highest BCUT2D eigenvalue weighted by Crippen LogP contribution is 2.30. The molecule has 0 radical (unpaired) electrons. The fourth-order valence-electron chi connectivity index (χ4n) is 2.63. The van der Waals surface area contributed by atoms with Gasteiger partial charge in [0.05, 0.1) is 6.61 Å². The van der Waals surface area contributed by atoms with E-state index in [-0.39, 0.29) is 6.04 Å². The Balaban J connectivity index is 1.63. The summed E-state index contributed by atoms with van der Waals surface area (Å²) in [4.78, 5) is 0. The van der Waals surface area contributed by atoms with Crippen LogP contribution in [0.1, 0.15) is 35.6 Å². The van der Waals surface area contributed by atoms with Crippen molar-refractivity contribution in [3.8, 4) is 5.75 Å². The molecule has 1 aliphatic rings. The van der Waals surface area contributed by atoms with Crippen molar-refractivity contribution in [3.63, 3.8) is 0 Å². The van der Waals surface area contributed by atoms with Crippen LogP contribution in [0.4, 0.5) is 0 Å². The molecule has 0 bridgehead atoms. The number of thiophene rings is 1. The summed E-state index contributed by atoms with van der Waals surface area (Å²) >= 11 is 1.73. The van der Waals surface area contributed by atoms with Crippen LogP contribution < -0.4 is 10.5 Å². The van der Waals surface area contributed by atoms with Crippen LogP contribution in [0.15, 0.2) is 35.0 Å². The first kappa shape index (κ1) is 12.7. The molecule has 2 aromatic rings. The molecule has 0 fully saturated rings. The highest BCUT2D eigenvalue weighted by Gasteiger charge is 2.17. The summed E-state index contributed by atoms with van der Waals surface area (Å²) in [6, 6.07) is 8.71. The molecule has 0 amide bonds. The van der Waals surface area contributed by atoms with Crippen molar-refractivity contribution in [2.45, 2.75) is 31.7 Å². The molecule has 3 rings (SSSR count). The average molecular weight is 273 g/mol. The maximum atomic E-state index is 6.17. The lowest BCUT2D eigenvalue weighted by atomic mass is 9.88. The molecule has 0 saturated heterocycles. The molecular weight excluding hydrogens is 254 g/mol. The van der Waals surface area contributed by atoms with E-state index < -0.39 is 0 Å². The first-order valence-electron chi connectivity index (χ1n) is 6.85. The van der Waals surface area contributed by atoms with Gasteiger partial charge in [-0.25, -0.2) is 0 Å². The van der Waals surface area contributed by atoms with Gasteiger partial charge < -0.3 is 10.5 Å². The lowest BCUT2D eigenvalue weighted by molar-refractivity contribution is 0.321. The summed E-state index contributed by atoms with van der Waals surface area (Å²) in [7, 11) is 0. The van der Waals surface area contributed by atoms with Crippen LogP contribution in [-0.4, -0.2) is 6.61 Å². The topological polar surface area (TPSA) is 35.2 Å². The van der Waals surface area contributed by atoms with Gasteiger partial charge in [0.1, 0.15) is 5.75 Å². The van der Waals surface area contributed by atoms with E-state index in [1.807, 2.05) is 0 Å². The van der Waals surface area contributed by atoms with Crippen molar-refractivity contribution >= 4 is 11.3 Å². The van der Waals surface area contributed by atoms with E-state index in [1.54, 1.807) is 11.3 Å². The van der Waals surface area contributed by atoms with E-state index in [2.05, 4.69) is 35.0 Å². The molecule has 2 N–H and O–H groups in total. The highest BCUT2D eigenvalue weighted by atomic mass is 32.1. The van der Waals surface area contributed by atoms with Crippen LogP contribution in [0.25, 0.3) is 0 Å². The maximum Gasteiger partial charge on any atom is 0.119 e. The van der Waals surface area contributed by atoms with Gasteiger partial charge in [-0.1, -0.05) is 6.07 Å². The molecule has 1 aromatic heterocycles. The second kappa shape index (κ2) is 5.76.